The SMILES string of the molecule is CC(C)CN(CC(=O)O)C(=O)C1CCCCC1C(F)(F)F. The van der Waals surface area contributed by atoms with Crippen molar-refractivity contribution in [2.45, 2.75) is 45.7 Å². The Morgan fingerprint density at radius 3 is 2.29 bits per heavy atom. The second-order valence-corrected chi connectivity index (χ2v) is 6.05. The average molecular weight is 309 g/mol. The molecule has 0 spiro atoms. The average Bonchev–Trinajstić information content (AvgIpc) is 2.35. The second kappa shape index (κ2) is 7.13. The molecular weight excluding hydrogens is 287 g/mol. The zero-order valence-electron chi connectivity index (χ0n) is 12.3. The third kappa shape index (κ3) is 5.21. The van der Waals surface area contributed by atoms with Crippen molar-refractivity contribution in [3.8, 4) is 0 Å². The maximum Gasteiger partial charge on any atom is 0.392 e. The smallest absolute Gasteiger partial charge is 0.392 e. The van der Waals surface area contributed by atoms with E-state index in [2.05, 4.69) is 0 Å². The molecule has 0 saturated heterocycles. The molecule has 0 aromatic carbocycles. The van der Waals surface area contributed by atoms with Crippen molar-refractivity contribution in [2.75, 3.05) is 13.1 Å². The predicted octanol–water partition coefficient (Wildman–Crippen LogP) is 2.92. The van der Waals surface area contributed by atoms with Gasteiger partial charge in [-0.2, -0.15) is 13.2 Å². The third-order valence-corrected chi connectivity index (χ3v) is 3.73. The number of rotatable bonds is 5. The molecule has 0 aromatic rings. The Kier molecular flexibility index (Phi) is 6.04. The van der Waals surface area contributed by atoms with Crippen molar-refractivity contribution in [1.29, 1.82) is 0 Å². The van der Waals surface area contributed by atoms with Crippen LogP contribution in [0.4, 0.5) is 13.2 Å². The molecule has 0 heterocycles. The maximum atomic E-state index is 13.1. The summed E-state index contributed by atoms with van der Waals surface area (Å²) in [6, 6.07) is 0. The monoisotopic (exact) mass is 309 g/mol. The van der Waals surface area contributed by atoms with Crippen LogP contribution in [0.25, 0.3) is 0 Å². The van der Waals surface area contributed by atoms with Crippen LogP contribution in [0, 0.1) is 17.8 Å². The first-order chi connectivity index (χ1) is 9.62. The van der Waals surface area contributed by atoms with E-state index in [4.69, 9.17) is 5.11 Å². The van der Waals surface area contributed by atoms with E-state index in [1.54, 1.807) is 13.8 Å². The van der Waals surface area contributed by atoms with Gasteiger partial charge in [-0.15, -0.1) is 0 Å². The minimum Gasteiger partial charge on any atom is -0.480 e. The van der Waals surface area contributed by atoms with Crippen LogP contribution in [-0.4, -0.2) is 41.1 Å². The Labute approximate surface area is 122 Å². The minimum atomic E-state index is -4.41. The number of carboxylic acids is 1. The van der Waals surface area contributed by atoms with E-state index in [1.807, 2.05) is 0 Å². The highest BCUT2D eigenvalue weighted by Gasteiger charge is 2.49. The lowest BCUT2D eigenvalue weighted by atomic mass is 9.78. The molecule has 2 atom stereocenters. The molecule has 1 aliphatic rings. The van der Waals surface area contributed by atoms with Crippen molar-refractivity contribution in [3.05, 3.63) is 0 Å². The number of amides is 1. The standard InChI is InChI=1S/C14H22F3NO3/c1-9(2)7-18(8-12(19)20)13(21)10-5-3-4-6-11(10)14(15,16)17/h9-11H,3-8H2,1-2H3,(H,19,20). The van der Waals surface area contributed by atoms with Gasteiger partial charge in [0.1, 0.15) is 6.54 Å². The highest BCUT2D eigenvalue weighted by Crippen LogP contribution is 2.42. The number of carbonyl (C=O) groups is 2. The zero-order valence-corrected chi connectivity index (χ0v) is 12.3. The number of alkyl halides is 3. The predicted molar refractivity (Wildman–Crippen MR) is 70.6 cm³/mol. The van der Waals surface area contributed by atoms with Gasteiger partial charge < -0.3 is 10.0 Å². The number of halogens is 3. The summed E-state index contributed by atoms with van der Waals surface area (Å²) in [6.07, 6.45) is -3.25. The highest BCUT2D eigenvalue weighted by molar-refractivity contribution is 5.83. The summed E-state index contributed by atoms with van der Waals surface area (Å²) in [5, 5.41) is 8.85. The number of carboxylic acid groups (broad SMARTS) is 1. The summed E-state index contributed by atoms with van der Waals surface area (Å²) in [6.45, 7) is 3.21. The molecule has 0 bridgehead atoms. The van der Waals surface area contributed by atoms with Gasteiger partial charge in [-0.3, -0.25) is 9.59 Å². The van der Waals surface area contributed by atoms with Gasteiger partial charge in [-0.05, 0) is 18.8 Å². The summed E-state index contributed by atoms with van der Waals surface area (Å²) in [5.74, 6) is -4.67. The Balaban J connectivity index is 2.90. The molecule has 1 aliphatic carbocycles. The van der Waals surface area contributed by atoms with E-state index in [-0.39, 0.29) is 25.3 Å². The maximum absolute atomic E-state index is 13.1. The van der Waals surface area contributed by atoms with Crippen LogP contribution in [0.3, 0.4) is 0 Å². The van der Waals surface area contributed by atoms with E-state index in [0.29, 0.717) is 12.8 Å². The number of carbonyl (C=O) groups excluding carboxylic acids is 1. The number of hydrogen-bond donors (Lipinski definition) is 1. The molecule has 0 radical (unpaired) electrons. The number of nitrogens with zero attached hydrogens (tertiary/aromatic N) is 1. The van der Waals surface area contributed by atoms with E-state index < -0.39 is 36.4 Å². The fourth-order valence-electron chi connectivity index (χ4n) is 2.89. The molecule has 4 nitrogen and oxygen atoms in total. The van der Waals surface area contributed by atoms with Crippen LogP contribution >= 0.6 is 0 Å². The number of hydrogen-bond acceptors (Lipinski definition) is 2. The molecule has 0 aliphatic heterocycles. The van der Waals surface area contributed by atoms with Gasteiger partial charge in [0, 0.05) is 12.5 Å². The molecule has 0 aromatic heterocycles. The van der Waals surface area contributed by atoms with Crippen LogP contribution in [-0.2, 0) is 9.59 Å². The lowest BCUT2D eigenvalue weighted by Gasteiger charge is -2.35. The zero-order chi connectivity index (χ0) is 16.2. The van der Waals surface area contributed by atoms with Gasteiger partial charge in [-0.1, -0.05) is 26.7 Å². The van der Waals surface area contributed by atoms with Gasteiger partial charge in [-0.25, -0.2) is 0 Å². The van der Waals surface area contributed by atoms with Gasteiger partial charge in [0.25, 0.3) is 0 Å². The molecule has 122 valence electrons. The minimum absolute atomic E-state index is 0.00114. The number of aliphatic carboxylic acids is 1. The Morgan fingerprint density at radius 2 is 1.81 bits per heavy atom. The fraction of sp³-hybridized carbons (Fsp3) is 0.857. The topological polar surface area (TPSA) is 57.6 Å². The molecule has 21 heavy (non-hydrogen) atoms. The van der Waals surface area contributed by atoms with E-state index in [0.717, 1.165) is 4.90 Å². The Morgan fingerprint density at radius 1 is 1.24 bits per heavy atom. The van der Waals surface area contributed by atoms with E-state index >= 15 is 0 Å². The lowest BCUT2D eigenvalue weighted by molar-refractivity contribution is -0.201. The Hall–Kier alpha value is -1.27. The molecule has 1 saturated carbocycles. The molecule has 1 N–H and O–H groups in total. The van der Waals surface area contributed by atoms with Gasteiger partial charge in [0.15, 0.2) is 0 Å². The van der Waals surface area contributed by atoms with Crippen LogP contribution in [0.1, 0.15) is 39.5 Å². The van der Waals surface area contributed by atoms with Crippen LogP contribution < -0.4 is 0 Å². The van der Waals surface area contributed by atoms with Crippen LogP contribution in [0.2, 0.25) is 0 Å². The molecule has 1 amide bonds. The fourth-order valence-corrected chi connectivity index (χ4v) is 2.89. The van der Waals surface area contributed by atoms with Crippen molar-refractivity contribution < 1.29 is 27.9 Å². The largest absolute Gasteiger partial charge is 0.480 e. The quantitative estimate of drug-likeness (QED) is 0.849. The van der Waals surface area contributed by atoms with E-state index in [1.165, 1.54) is 0 Å². The molecule has 1 rings (SSSR count). The normalized spacial score (nSPS) is 23.1. The molecule has 2 unspecified atom stereocenters. The van der Waals surface area contributed by atoms with Gasteiger partial charge >= 0.3 is 12.1 Å². The molecule has 7 heteroatoms. The summed E-state index contributed by atoms with van der Waals surface area (Å²) < 4.78 is 39.2. The summed E-state index contributed by atoms with van der Waals surface area (Å²) in [5.41, 5.74) is 0. The molecular formula is C14H22F3NO3. The van der Waals surface area contributed by atoms with Crippen molar-refractivity contribution in [3.63, 3.8) is 0 Å². The van der Waals surface area contributed by atoms with Gasteiger partial charge in [0.05, 0.1) is 5.92 Å². The summed E-state index contributed by atoms with van der Waals surface area (Å²) >= 11 is 0. The highest BCUT2D eigenvalue weighted by atomic mass is 19.4. The first kappa shape index (κ1) is 17.8. The second-order valence-electron chi connectivity index (χ2n) is 6.05. The van der Waals surface area contributed by atoms with E-state index in [9.17, 15) is 22.8 Å². The van der Waals surface area contributed by atoms with Crippen molar-refractivity contribution in [1.82, 2.24) is 4.90 Å². The third-order valence-electron chi connectivity index (χ3n) is 3.73. The van der Waals surface area contributed by atoms with Gasteiger partial charge in [0.2, 0.25) is 5.91 Å². The summed E-state index contributed by atoms with van der Waals surface area (Å²) in [7, 11) is 0. The first-order valence-corrected chi connectivity index (χ1v) is 7.20. The molecule has 1 fully saturated rings. The van der Waals surface area contributed by atoms with Crippen LogP contribution in [0.15, 0.2) is 0 Å². The first-order valence-electron chi connectivity index (χ1n) is 7.20. The van der Waals surface area contributed by atoms with Crippen LogP contribution in [0.5, 0.6) is 0 Å². The lowest BCUT2D eigenvalue weighted by Crippen LogP contribution is -2.47. The van der Waals surface area contributed by atoms with Crippen molar-refractivity contribution in [2.24, 2.45) is 17.8 Å². The Bertz CT molecular complexity index is 382. The van der Waals surface area contributed by atoms with Crippen molar-refractivity contribution >= 4 is 11.9 Å². The summed E-state index contributed by atoms with van der Waals surface area (Å²) in [4.78, 5) is 24.3.